The number of benzene rings is 2. The number of H-pyrrole nitrogens is 1. The molecule has 56 heavy (non-hydrogen) atoms. The van der Waals surface area contributed by atoms with Crippen LogP contribution in [0.1, 0.15) is 97.1 Å². The number of aromatic amines is 1. The van der Waals surface area contributed by atoms with Crippen LogP contribution in [0.2, 0.25) is 0 Å². The summed E-state index contributed by atoms with van der Waals surface area (Å²) in [5, 5.41) is 4.52. The molecular weight excluding hydrogens is 703 g/mol. The third kappa shape index (κ3) is 7.87. The average Bonchev–Trinajstić information content (AvgIpc) is 3.90. The fraction of sp³-hybridized carbons (Fsp3) is 0.578. The number of methoxy groups -OCH3 is 2. The number of rotatable bonds is 14. The molecule has 2 N–H and O–H groups in total. The molecule has 4 atom stereocenters. The first-order valence-electron chi connectivity index (χ1n) is 20.6. The van der Waals surface area contributed by atoms with Crippen LogP contribution in [-0.2, 0) is 27.9 Å². The van der Waals surface area contributed by atoms with E-state index >= 15 is 0 Å². The summed E-state index contributed by atoms with van der Waals surface area (Å²) < 4.78 is 26.8. The summed E-state index contributed by atoms with van der Waals surface area (Å²) in [7, 11) is 3.34. The summed E-state index contributed by atoms with van der Waals surface area (Å²) in [6, 6.07) is 15.4. The molecule has 3 aromatic heterocycles. The van der Waals surface area contributed by atoms with Crippen molar-refractivity contribution in [3.05, 3.63) is 71.9 Å². The average molecular weight is 764 g/mol. The minimum atomic E-state index is -0.635. The van der Waals surface area contributed by atoms with Gasteiger partial charge in [0.2, 0.25) is 0 Å². The lowest BCUT2D eigenvalue weighted by Crippen LogP contribution is -2.49. The Balaban J connectivity index is 0.940. The fourth-order valence-corrected chi connectivity index (χ4v) is 9.43. The van der Waals surface area contributed by atoms with Gasteiger partial charge in [-0.1, -0.05) is 40.7 Å². The monoisotopic (exact) mass is 763 g/mol. The van der Waals surface area contributed by atoms with Gasteiger partial charge in [0.15, 0.2) is 5.79 Å². The van der Waals surface area contributed by atoms with E-state index in [0.717, 1.165) is 82.6 Å². The molecule has 3 aliphatic rings. The van der Waals surface area contributed by atoms with Gasteiger partial charge in [0.1, 0.15) is 41.2 Å². The quantitative estimate of drug-likeness (QED) is 0.115. The zero-order chi connectivity index (χ0) is 39.4. The molecule has 1 aliphatic heterocycles. The summed E-state index contributed by atoms with van der Waals surface area (Å²) in [5.74, 6) is 4.45. The number of nitrogens with zero attached hydrogens (tertiary/aromatic N) is 5. The highest BCUT2D eigenvalue weighted by Gasteiger charge is 2.55. The third-order valence-corrected chi connectivity index (χ3v) is 12.3. The van der Waals surface area contributed by atoms with Gasteiger partial charge in [0.05, 0.1) is 42.8 Å². The van der Waals surface area contributed by atoms with Crippen molar-refractivity contribution in [3.63, 3.8) is 0 Å². The zero-order valence-corrected chi connectivity index (χ0v) is 34.8. The van der Waals surface area contributed by atoms with Gasteiger partial charge in [-0.3, -0.25) is 4.90 Å². The Labute approximate surface area is 331 Å². The van der Waals surface area contributed by atoms with Gasteiger partial charge >= 0.3 is 0 Å². The van der Waals surface area contributed by atoms with Crippen LogP contribution in [0, 0.1) is 17.8 Å². The largest absolute Gasteiger partial charge is 0.497 e. The lowest BCUT2D eigenvalue weighted by Gasteiger charge is -2.45. The predicted molar refractivity (Wildman–Crippen MR) is 221 cm³/mol. The van der Waals surface area contributed by atoms with Gasteiger partial charge in [0, 0.05) is 55.8 Å². The van der Waals surface area contributed by atoms with Crippen molar-refractivity contribution in [2.45, 2.75) is 123 Å². The SMILES string of the molecule is COc1ccc(CNc2ncnc3c2ccn3C2CC(CN(CC(C)C)C3CC(CCc4nc5ccc(C(C)(C)C)cc5[nH]4)C3)C3OC(C)(C)OC32)c(OC)c1. The van der Waals surface area contributed by atoms with Crippen LogP contribution in [0.4, 0.5) is 5.82 Å². The second kappa shape index (κ2) is 15.3. The van der Waals surface area contributed by atoms with Crippen molar-refractivity contribution in [2.75, 3.05) is 32.6 Å². The van der Waals surface area contributed by atoms with Crippen LogP contribution >= 0.6 is 0 Å². The predicted octanol–water partition coefficient (Wildman–Crippen LogP) is 8.68. The van der Waals surface area contributed by atoms with Gasteiger partial charge in [0.25, 0.3) is 0 Å². The van der Waals surface area contributed by atoms with E-state index in [4.69, 9.17) is 28.9 Å². The van der Waals surface area contributed by atoms with E-state index in [1.807, 2.05) is 18.2 Å². The van der Waals surface area contributed by atoms with Gasteiger partial charge in [-0.15, -0.1) is 0 Å². The second-order valence-corrected chi connectivity index (χ2v) is 18.4. The lowest BCUT2D eigenvalue weighted by molar-refractivity contribution is -0.161. The maximum absolute atomic E-state index is 6.73. The number of fused-ring (bicyclic) bond motifs is 3. The molecule has 0 radical (unpaired) electrons. The molecule has 2 aliphatic carbocycles. The van der Waals surface area contributed by atoms with E-state index < -0.39 is 5.79 Å². The smallest absolute Gasteiger partial charge is 0.163 e. The van der Waals surface area contributed by atoms with Gasteiger partial charge < -0.3 is 33.8 Å². The number of aryl methyl sites for hydroxylation is 1. The Kier molecular flexibility index (Phi) is 10.6. The molecule has 1 saturated heterocycles. The van der Waals surface area contributed by atoms with E-state index in [-0.39, 0.29) is 23.7 Å². The Hall–Kier alpha value is -4.19. The topological polar surface area (TPSA) is 112 Å². The highest BCUT2D eigenvalue weighted by molar-refractivity contribution is 5.87. The number of nitrogens with one attached hydrogen (secondary N) is 2. The van der Waals surface area contributed by atoms with Gasteiger partial charge in [-0.2, -0.15) is 0 Å². The molecular formula is C45H61N7O4. The maximum atomic E-state index is 6.73. The van der Waals surface area contributed by atoms with Crippen LogP contribution in [-0.4, -0.2) is 80.7 Å². The lowest BCUT2D eigenvalue weighted by atomic mass is 9.76. The minimum Gasteiger partial charge on any atom is -0.497 e. The third-order valence-electron chi connectivity index (χ3n) is 12.3. The van der Waals surface area contributed by atoms with Crippen molar-refractivity contribution in [1.82, 2.24) is 29.4 Å². The summed E-state index contributed by atoms with van der Waals surface area (Å²) >= 11 is 0. The second-order valence-electron chi connectivity index (χ2n) is 18.4. The van der Waals surface area contributed by atoms with E-state index in [0.29, 0.717) is 24.4 Å². The summed E-state index contributed by atoms with van der Waals surface area (Å²) in [5.41, 5.74) is 5.61. The Morgan fingerprint density at radius 3 is 2.55 bits per heavy atom. The van der Waals surface area contributed by atoms with Crippen molar-refractivity contribution in [1.29, 1.82) is 0 Å². The number of ether oxygens (including phenoxy) is 4. The molecule has 2 saturated carbocycles. The molecule has 2 aromatic carbocycles. The molecule has 0 amide bonds. The van der Waals surface area contributed by atoms with E-state index in [1.165, 1.54) is 24.8 Å². The first-order chi connectivity index (χ1) is 26.8. The number of aromatic nitrogens is 5. The minimum absolute atomic E-state index is 0.0202. The number of imidazole rings is 1. The molecule has 8 rings (SSSR count). The standard InChI is InChI=1S/C45H61N7O4/c1-27(2)24-51(32-18-28(19-32)10-15-39-49-35-14-12-31(44(3,4)5)21-36(35)50-39)25-30-20-37(41-40(30)55-45(6,7)56-41)52-17-16-34-42(47-26-48-43(34)52)46-23-29-11-13-33(53-8)22-38(29)54-9/h11-14,16-17,21-22,26-28,30,32,37,40-41H,10,15,18-20,23-25H2,1-9H3,(H,49,50)(H,46,47,48). The van der Waals surface area contributed by atoms with Crippen LogP contribution in [0.5, 0.6) is 11.5 Å². The van der Waals surface area contributed by atoms with Crippen molar-refractivity contribution in [3.8, 4) is 11.5 Å². The van der Waals surface area contributed by atoms with Gasteiger partial charge in [-0.05, 0) is 92.7 Å². The normalized spacial score (nSPS) is 24.6. The number of hydrogen-bond donors (Lipinski definition) is 2. The highest BCUT2D eigenvalue weighted by Crippen LogP contribution is 2.49. The van der Waals surface area contributed by atoms with E-state index in [9.17, 15) is 0 Å². The fourth-order valence-electron chi connectivity index (χ4n) is 9.43. The molecule has 300 valence electrons. The van der Waals surface area contributed by atoms with Crippen LogP contribution in [0.25, 0.3) is 22.1 Å². The van der Waals surface area contributed by atoms with E-state index in [1.54, 1.807) is 20.5 Å². The maximum Gasteiger partial charge on any atom is 0.163 e. The summed E-state index contributed by atoms with van der Waals surface area (Å²) in [6.07, 6.45) is 9.40. The first-order valence-corrected chi connectivity index (χ1v) is 20.6. The highest BCUT2D eigenvalue weighted by atomic mass is 16.8. The Morgan fingerprint density at radius 1 is 1.00 bits per heavy atom. The summed E-state index contributed by atoms with van der Waals surface area (Å²) in [6.45, 7) is 18.2. The molecule has 11 nitrogen and oxygen atoms in total. The van der Waals surface area contributed by atoms with E-state index in [2.05, 4.69) is 104 Å². The first kappa shape index (κ1) is 38.7. The van der Waals surface area contributed by atoms with Crippen molar-refractivity contribution in [2.24, 2.45) is 17.8 Å². The van der Waals surface area contributed by atoms with Crippen LogP contribution < -0.4 is 14.8 Å². The number of anilines is 1. The molecule has 11 heteroatoms. The Morgan fingerprint density at radius 2 is 1.80 bits per heavy atom. The number of hydrogen-bond acceptors (Lipinski definition) is 9. The van der Waals surface area contributed by atoms with Gasteiger partial charge in [-0.25, -0.2) is 15.0 Å². The van der Waals surface area contributed by atoms with Crippen LogP contribution in [0.15, 0.2) is 55.0 Å². The molecule has 0 spiro atoms. The Bertz CT molecular complexity index is 2150. The van der Waals surface area contributed by atoms with Crippen molar-refractivity contribution < 1.29 is 18.9 Å². The molecule has 4 heterocycles. The molecule has 0 bridgehead atoms. The van der Waals surface area contributed by atoms with Crippen LogP contribution in [0.3, 0.4) is 0 Å². The van der Waals surface area contributed by atoms with Crippen molar-refractivity contribution >= 4 is 27.9 Å². The summed E-state index contributed by atoms with van der Waals surface area (Å²) in [4.78, 5) is 20.8. The zero-order valence-electron chi connectivity index (χ0n) is 34.8. The molecule has 3 fully saturated rings. The molecule has 5 aromatic rings. The molecule has 4 unspecified atom stereocenters.